The van der Waals surface area contributed by atoms with Crippen LogP contribution in [-0.4, -0.2) is 84.8 Å². The van der Waals surface area contributed by atoms with Gasteiger partial charge >= 0.3 is 6.09 Å². The van der Waals surface area contributed by atoms with E-state index < -0.39 is 31.9 Å². The van der Waals surface area contributed by atoms with Crippen LogP contribution in [0.25, 0.3) is 0 Å². The average molecular weight is 855 g/mol. The van der Waals surface area contributed by atoms with E-state index in [-0.39, 0.29) is 22.3 Å². The molecule has 2 heterocycles. The Labute approximate surface area is 349 Å². The molecule has 3 N–H and O–H groups in total. The number of fused-ring (bicyclic) bond motifs is 2. The molecule has 0 saturated heterocycles. The molecule has 0 bridgehead atoms. The van der Waals surface area contributed by atoms with E-state index in [4.69, 9.17) is 4.74 Å². The van der Waals surface area contributed by atoms with Gasteiger partial charge in [0.15, 0.2) is 5.71 Å². The third kappa shape index (κ3) is 11.5. The van der Waals surface area contributed by atoms with Crippen molar-refractivity contribution in [1.82, 2.24) is 5.32 Å². The van der Waals surface area contributed by atoms with Crippen molar-refractivity contribution < 1.29 is 40.0 Å². The van der Waals surface area contributed by atoms with E-state index >= 15 is 0 Å². The second kappa shape index (κ2) is 18.3. The molecule has 3 aliphatic rings. The van der Waals surface area contributed by atoms with Crippen molar-refractivity contribution in [2.24, 2.45) is 0 Å². The smallest absolute Gasteiger partial charge is 0.407 e. The Hall–Kier alpha value is -3.69. The van der Waals surface area contributed by atoms with E-state index in [1.807, 2.05) is 45.0 Å². The molecule has 5 rings (SSSR count). The lowest BCUT2D eigenvalue weighted by atomic mass is 9.81. The summed E-state index contributed by atoms with van der Waals surface area (Å²) in [6.45, 7) is 16.0. The van der Waals surface area contributed by atoms with Crippen LogP contribution in [0.2, 0.25) is 0 Å². The van der Waals surface area contributed by atoms with Crippen LogP contribution in [0.15, 0.2) is 94.6 Å². The van der Waals surface area contributed by atoms with Gasteiger partial charge in [0.05, 0.1) is 16.9 Å². The molecular weight excluding hydrogens is 795 g/mol. The van der Waals surface area contributed by atoms with Crippen molar-refractivity contribution >= 4 is 55.2 Å². The lowest BCUT2D eigenvalue weighted by Crippen LogP contribution is -2.33. The second-order valence-electron chi connectivity index (χ2n) is 17.2. The number of para-hydroxylation sites is 2. The highest BCUT2D eigenvalue weighted by atomic mass is 32.2. The summed E-state index contributed by atoms with van der Waals surface area (Å²) in [4.78, 5) is 15.9. The van der Waals surface area contributed by atoms with Crippen molar-refractivity contribution in [2.75, 3.05) is 41.8 Å². The Kier molecular flexibility index (Phi) is 14.3. The van der Waals surface area contributed by atoms with Crippen molar-refractivity contribution in [2.45, 2.75) is 103 Å². The third-order valence-electron chi connectivity index (χ3n) is 10.8. The first-order valence-electron chi connectivity index (χ1n) is 20.0. The SMILES string of the molecule is CC(C)(C)OC(=O)NCCSC1=C(/C=C/C2=[N+](CCCCS(=O)(=O)O)c3ccccc3C2(C)C)CC/C1=C\C=C1\N(CCCCS(=O)(=O)O)c2ccccc2C1(C)C. The number of hydrogen-bond donors (Lipinski definition) is 3. The number of hydrogen-bond acceptors (Lipinski definition) is 8. The molecule has 2 aromatic carbocycles. The van der Waals surface area contributed by atoms with Crippen LogP contribution in [0.4, 0.5) is 16.2 Å². The van der Waals surface area contributed by atoms with Crippen LogP contribution in [0.5, 0.6) is 0 Å². The summed E-state index contributed by atoms with van der Waals surface area (Å²) in [5, 5.41) is 2.89. The standard InChI is InChI=1S/C44H59N3O8S3/c1-42(2,3)55-41(48)45-26-29-56-40-32(22-24-38-43(4,5)34-16-8-10-18-36(34)46(38)27-12-14-30-57(49,50)51)20-21-33(40)23-25-39-44(6,7)35-17-9-11-19-37(35)47(39)28-13-15-31-58(52,53)54/h8-11,16-19,22-25H,12-15,20-21,26-31H2,1-7H3,(H2-,45,48,49,50,51,52,53,54)/p+1. The van der Waals surface area contributed by atoms with Gasteiger partial charge in [-0.1, -0.05) is 62.4 Å². The van der Waals surface area contributed by atoms with Gasteiger partial charge in [0, 0.05) is 64.7 Å². The zero-order valence-electron chi connectivity index (χ0n) is 34.9. The predicted octanol–water partition coefficient (Wildman–Crippen LogP) is 8.87. The molecule has 2 aliphatic heterocycles. The van der Waals surface area contributed by atoms with Crippen LogP contribution < -0.4 is 10.2 Å². The largest absolute Gasteiger partial charge is 0.444 e. The van der Waals surface area contributed by atoms with E-state index in [9.17, 15) is 30.7 Å². The fraction of sp³-hybridized carbons (Fsp3) is 0.500. The summed E-state index contributed by atoms with van der Waals surface area (Å²) in [6, 6.07) is 16.6. The molecule has 14 heteroatoms. The number of allylic oxidation sites excluding steroid dienone is 7. The van der Waals surface area contributed by atoms with E-state index in [0.29, 0.717) is 51.1 Å². The fourth-order valence-corrected chi connectivity index (χ4v) is 10.3. The molecule has 2 aromatic rings. The predicted molar refractivity (Wildman–Crippen MR) is 236 cm³/mol. The number of benzene rings is 2. The molecule has 0 fully saturated rings. The molecule has 0 aromatic heterocycles. The van der Waals surface area contributed by atoms with Gasteiger partial charge in [-0.2, -0.15) is 21.4 Å². The second-order valence-corrected chi connectivity index (χ2v) is 21.4. The molecular formula is C44H60N3O8S3+. The van der Waals surface area contributed by atoms with Gasteiger partial charge < -0.3 is 15.0 Å². The average Bonchev–Trinajstić information content (AvgIpc) is 3.68. The first-order chi connectivity index (χ1) is 27.1. The van der Waals surface area contributed by atoms with Gasteiger partial charge in [-0.3, -0.25) is 9.11 Å². The van der Waals surface area contributed by atoms with Gasteiger partial charge in [0.25, 0.3) is 20.2 Å². The molecule has 0 unspecified atom stereocenters. The minimum atomic E-state index is -4.03. The lowest BCUT2D eigenvalue weighted by molar-refractivity contribution is -0.438. The van der Waals surface area contributed by atoms with Gasteiger partial charge in [-0.25, -0.2) is 4.79 Å². The molecule has 1 amide bonds. The minimum Gasteiger partial charge on any atom is -0.444 e. The normalized spacial score (nSPS) is 19.2. The number of rotatable bonds is 17. The van der Waals surface area contributed by atoms with Gasteiger partial charge in [-0.05, 0) is 95.6 Å². The number of alkyl carbamates (subject to hydrolysis) is 1. The van der Waals surface area contributed by atoms with E-state index in [0.717, 1.165) is 40.5 Å². The van der Waals surface area contributed by atoms with Crippen molar-refractivity contribution in [3.05, 3.63) is 106 Å². The van der Waals surface area contributed by atoms with Crippen LogP contribution in [-0.2, 0) is 35.8 Å². The first kappa shape index (κ1) is 45.4. The molecule has 0 saturated carbocycles. The summed E-state index contributed by atoms with van der Waals surface area (Å²) in [5.41, 5.74) is 7.97. The summed E-state index contributed by atoms with van der Waals surface area (Å²) in [7, 11) is -8.07. The van der Waals surface area contributed by atoms with Crippen LogP contribution in [0.3, 0.4) is 0 Å². The fourth-order valence-electron chi connectivity index (χ4n) is 8.06. The number of amides is 1. The zero-order chi connectivity index (χ0) is 42.5. The number of nitrogens with one attached hydrogen (secondary N) is 1. The minimum absolute atomic E-state index is 0.270. The Morgan fingerprint density at radius 3 is 2.17 bits per heavy atom. The maximum Gasteiger partial charge on any atom is 0.407 e. The summed E-state index contributed by atoms with van der Waals surface area (Å²) in [5.74, 6) is 0.0886. The Morgan fingerprint density at radius 1 is 0.862 bits per heavy atom. The maximum absolute atomic E-state index is 12.5. The molecule has 1 aliphatic carbocycles. The van der Waals surface area contributed by atoms with Crippen molar-refractivity contribution in [3.8, 4) is 0 Å². The Morgan fingerprint density at radius 2 is 1.50 bits per heavy atom. The van der Waals surface area contributed by atoms with Gasteiger partial charge in [0.1, 0.15) is 12.1 Å². The Balaban J connectivity index is 1.49. The molecule has 58 heavy (non-hydrogen) atoms. The first-order valence-corrected chi connectivity index (χ1v) is 24.2. The molecule has 0 atom stereocenters. The van der Waals surface area contributed by atoms with Gasteiger partial charge in [0.2, 0.25) is 5.69 Å². The highest BCUT2D eigenvalue weighted by Crippen LogP contribution is 2.48. The number of ether oxygens (including phenoxy) is 1. The number of carbonyl (C=O) groups excluding carboxylic acids is 1. The van der Waals surface area contributed by atoms with Crippen LogP contribution in [0.1, 0.15) is 98.1 Å². The van der Waals surface area contributed by atoms with Crippen LogP contribution in [0, 0.1) is 0 Å². The highest BCUT2D eigenvalue weighted by molar-refractivity contribution is 8.03. The van der Waals surface area contributed by atoms with E-state index in [2.05, 4.69) is 91.1 Å². The molecule has 11 nitrogen and oxygen atoms in total. The number of anilines is 1. The van der Waals surface area contributed by atoms with Crippen molar-refractivity contribution in [1.29, 1.82) is 0 Å². The monoisotopic (exact) mass is 854 g/mol. The molecule has 0 radical (unpaired) electrons. The van der Waals surface area contributed by atoms with E-state index in [1.54, 1.807) is 11.8 Å². The lowest BCUT2D eigenvalue weighted by Gasteiger charge is -2.27. The highest BCUT2D eigenvalue weighted by Gasteiger charge is 2.44. The third-order valence-corrected chi connectivity index (χ3v) is 13.6. The number of carbonyl (C=O) groups is 1. The molecule has 316 valence electrons. The topological polar surface area (TPSA) is 153 Å². The van der Waals surface area contributed by atoms with Crippen molar-refractivity contribution in [3.63, 3.8) is 0 Å². The number of thioether (sulfide) groups is 1. The summed E-state index contributed by atoms with van der Waals surface area (Å²) < 4.78 is 72.1. The molecule has 0 spiro atoms. The van der Waals surface area contributed by atoms with Gasteiger partial charge in [-0.15, -0.1) is 11.8 Å². The number of unbranched alkanes of at least 4 members (excludes halogenated alkanes) is 2. The van der Waals surface area contributed by atoms with E-state index in [1.165, 1.54) is 22.3 Å². The quantitative estimate of drug-likeness (QED) is 0.0799. The number of nitrogens with zero attached hydrogens (tertiary/aromatic N) is 2. The summed E-state index contributed by atoms with van der Waals surface area (Å²) in [6.07, 6.45) is 11.9. The zero-order valence-corrected chi connectivity index (χ0v) is 37.3. The summed E-state index contributed by atoms with van der Waals surface area (Å²) >= 11 is 1.70. The maximum atomic E-state index is 12.5. The van der Waals surface area contributed by atoms with Crippen LogP contribution >= 0.6 is 11.8 Å². The Bertz CT molecular complexity index is 2250.